The van der Waals surface area contributed by atoms with Gasteiger partial charge >= 0.3 is 5.97 Å². The molecule has 0 aliphatic carbocycles. The predicted octanol–water partition coefficient (Wildman–Crippen LogP) is 2.24. The van der Waals surface area contributed by atoms with Crippen LogP contribution in [0.2, 0.25) is 0 Å². The van der Waals surface area contributed by atoms with Crippen LogP contribution in [0.1, 0.15) is 18.9 Å². The van der Waals surface area contributed by atoms with E-state index in [4.69, 9.17) is 4.74 Å². The van der Waals surface area contributed by atoms with Gasteiger partial charge in [-0.3, -0.25) is 0 Å². The zero-order chi connectivity index (χ0) is 13.6. The first-order valence-corrected chi connectivity index (χ1v) is 7.17. The third kappa shape index (κ3) is 4.33. The van der Waals surface area contributed by atoms with Crippen molar-refractivity contribution >= 4 is 15.8 Å². The second-order valence-corrected chi connectivity index (χ2v) is 5.66. The minimum Gasteiger partial charge on any atom is -0.463 e. The van der Waals surface area contributed by atoms with Gasteiger partial charge in [0.1, 0.15) is 0 Å². The molecule has 5 heteroatoms. The molecule has 0 unspecified atom stereocenters. The first-order valence-electron chi connectivity index (χ1n) is 5.62. The highest BCUT2D eigenvalue weighted by Crippen LogP contribution is 2.13. The van der Waals surface area contributed by atoms with Crippen LogP contribution < -0.4 is 0 Å². The fourth-order valence-corrected chi connectivity index (χ4v) is 2.17. The third-order valence-corrected chi connectivity index (χ3v) is 3.60. The molecule has 0 aliphatic rings. The van der Waals surface area contributed by atoms with Crippen LogP contribution in [0.4, 0.5) is 0 Å². The molecule has 0 radical (unpaired) electrons. The monoisotopic (exact) mass is 268 g/mol. The van der Waals surface area contributed by atoms with E-state index < -0.39 is 15.8 Å². The van der Waals surface area contributed by atoms with Gasteiger partial charge in [0.15, 0.2) is 9.84 Å². The molecular formula is C13H16O4S. The van der Waals surface area contributed by atoms with Gasteiger partial charge in [-0.25, -0.2) is 13.2 Å². The Hall–Kier alpha value is -1.62. The summed E-state index contributed by atoms with van der Waals surface area (Å²) < 4.78 is 28.4. The maximum atomic E-state index is 11.8. The number of carbonyl (C=O) groups is 1. The first-order chi connectivity index (χ1) is 8.45. The lowest BCUT2D eigenvalue weighted by atomic mass is 10.2. The van der Waals surface area contributed by atoms with Gasteiger partial charge < -0.3 is 4.74 Å². The Morgan fingerprint density at radius 2 is 1.89 bits per heavy atom. The van der Waals surface area contributed by atoms with E-state index in [0.717, 1.165) is 17.0 Å². The molecule has 98 valence electrons. The van der Waals surface area contributed by atoms with Gasteiger partial charge in [-0.2, -0.15) is 0 Å². The van der Waals surface area contributed by atoms with Crippen molar-refractivity contribution in [1.29, 1.82) is 0 Å². The van der Waals surface area contributed by atoms with Crippen LogP contribution >= 0.6 is 0 Å². The minimum absolute atomic E-state index is 0.160. The molecule has 0 aromatic heterocycles. The van der Waals surface area contributed by atoms with Crippen molar-refractivity contribution in [2.45, 2.75) is 25.2 Å². The Morgan fingerprint density at radius 1 is 1.28 bits per heavy atom. The molecule has 0 heterocycles. The SMILES string of the molecule is CCCOC(=O)/C=C/S(=O)(=O)c1ccc(C)cc1. The van der Waals surface area contributed by atoms with Gasteiger partial charge in [-0.1, -0.05) is 24.6 Å². The van der Waals surface area contributed by atoms with Crippen molar-refractivity contribution in [3.63, 3.8) is 0 Å². The normalized spacial score (nSPS) is 11.7. The number of hydrogen-bond acceptors (Lipinski definition) is 4. The van der Waals surface area contributed by atoms with Crippen molar-refractivity contribution in [2.24, 2.45) is 0 Å². The number of esters is 1. The van der Waals surface area contributed by atoms with E-state index in [1.54, 1.807) is 12.1 Å². The molecule has 0 bridgehead atoms. The molecule has 18 heavy (non-hydrogen) atoms. The molecule has 1 aromatic rings. The molecule has 0 saturated carbocycles. The smallest absolute Gasteiger partial charge is 0.331 e. The highest BCUT2D eigenvalue weighted by Gasteiger charge is 2.10. The second-order valence-electron chi connectivity index (χ2n) is 3.83. The molecule has 0 aliphatic heterocycles. The number of rotatable bonds is 5. The minimum atomic E-state index is -3.58. The quantitative estimate of drug-likeness (QED) is 0.607. The van der Waals surface area contributed by atoms with Crippen LogP contribution in [-0.4, -0.2) is 21.0 Å². The zero-order valence-corrected chi connectivity index (χ0v) is 11.2. The fourth-order valence-electron chi connectivity index (χ4n) is 1.20. The Bertz CT molecular complexity index is 527. The maximum absolute atomic E-state index is 11.8. The lowest BCUT2D eigenvalue weighted by Crippen LogP contribution is -2.03. The third-order valence-electron chi connectivity index (χ3n) is 2.18. The summed E-state index contributed by atoms with van der Waals surface area (Å²) in [5, 5.41) is 0.871. The van der Waals surface area contributed by atoms with Gasteiger partial charge in [0.05, 0.1) is 11.5 Å². The van der Waals surface area contributed by atoms with E-state index in [-0.39, 0.29) is 11.5 Å². The average molecular weight is 268 g/mol. The molecule has 1 aromatic carbocycles. The van der Waals surface area contributed by atoms with E-state index in [2.05, 4.69) is 0 Å². The standard InChI is InChI=1S/C13H16O4S/c1-3-9-17-13(14)8-10-18(15,16)12-6-4-11(2)5-7-12/h4-8,10H,3,9H2,1-2H3/b10-8+. The molecular weight excluding hydrogens is 252 g/mol. The highest BCUT2D eigenvalue weighted by molar-refractivity contribution is 7.94. The van der Waals surface area contributed by atoms with Gasteiger partial charge in [0.2, 0.25) is 0 Å². The van der Waals surface area contributed by atoms with Crippen LogP contribution in [0.5, 0.6) is 0 Å². The Kier molecular flexibility index (Phi) is 5.09. The number of carbonyl (C=O) groups excluding carboxylic acids is 1. The molecule has 0 amide bonds. The van der Waals surface area contributed by atoms with Crippen molar-refractivity contribution in [1.82, 2.24) is 0 Å². The van der Waals surface area contributed by atoms with Crippen LogP contribution in [0, 0.1) is 6.92 Å². The largest absolute Gasteiger partial charge is 0.463 e. The van der Waals surface area contributed by atoms with E-state index in [0.29, 0.717) is 6.42 Å². The van der Waals surface area contributed by atoms with Crippen molar-refractivity contribution < 1.29 is 17.9 Å². The summed E-state index contributed by atoms with van der Waals surface area (Å²) in [5.74, 6) is -0.646. The van der Waals surface area contributed by atoms with Crippen molar-refractivity contribution in [3.05, 3.63) is 41.3 Å². The Balaban J connectivity index is 2.79. The van der Waals surface area contributed by atoms with E-state index in [9.17, 15) is 13.2 Å². The highest BCUT2D eigenvalue weighted by atomic mass is 32.2. The Morgan fingerprint density at radius 3 is 2.44 bits per heavy atom. The summed E-state index contributed by atoms with van der Waals surface area (Å²) >= 11 is 0. The van der Waals surface area contributed by atoms with Gasteiger partial charge in [-0.05, 0) is 25.5 Å². The number of ether oxygens (including phenoxy) is 1. The summed E-state index contributed by atoms with van der Waals surface area (Å²) in [4.78, 5) is 11.3. The van der Waals surface area contributed by atoms with E-state index >= 15 is 0 Å². The summed E-state index contributed by atoms with van der Waals surface area (Å²) in [6.45, 7) is 4.02. The number of hydrogen-bond donors (Lipinski definition) is 0. The first kappa shape index (κ1) is 14.4. The Labute approximate surface area is 107 Å². The van der Waals surface area contributed by atoms with Crippen LogP contribution in [0.3, 0.4) is 0 Å². The maximum Gasteiger partial charge on any atom is 0.331 e. The molecule has 4 nitrogen and oxygen atoms in total. The van der Waals surface area contributed by atoms with Crippen molar-refractivity contribution in [2.75, 3.05) is 6.61 Å². The summed E-state index contributed by atoms with van der Waals surface area (Å²) in [6.07, 6.45) is 1.63. The van der Waals surface area contributed by atoms with Crippen molar-refractivity contribution in [3.8, 4) is 0 Å². The molecule has 0 fully saturated rings. The molecule has 0 atom stereocenters. The molecule has 0 spiro atoms. The second kappa shape index (κ2) is 6.35. The van der Waals surface area contributed by atoms with E-state index in [1.807, 2.05) is 13.8 Å². The van der Waals surface area contributed by atoms with Gasteiger partial charge in [0, 0.05) is 11.5 Å². The topological polar surface area (TPSA) is 60.4 Å². The summed E-state index contributed by atoms with van der Waals surface area (Å²) in [5.41, 5.74) is 0.972. The van der Waals surface area contributed by atoms with Crippen LogP contribution in [0.15, 0.2) is 40.6 Å². The number of aryl methyl sites for hydroxylation is 1. The summed E-state index contributed by atoms with van der Waals surface area (Å²) in [7, 11) is -3.58. The fraction of sp³-hybridized carbons (Fsp3) is 0.308. The van der Waals surface area contributed by atoms with Crippen LogP contribution in [-0.2, 0) is 19.4 Å². The summed E-state index contributed by atoms with van der Waals surface area (Å²) in [6, 6.07) is 6.42. The zero-order valence-electron chi connectivity index (χ0n) is 10.4. The van der Waals surface area contributed by atoms with Gasteiger partial charge in [0.25, 0.3) is 0 Å². The predicted molar refractivity (Wildman–Crippen MR) is 68.8 cm³/mol. The van der Waals surface area contributed by atoms with Gasteiger partial charge in [-0.15, -0.1) is 0 Å². The number of benzene rings is 1. The lowest BCUT2D eigenvalue weighted by Gasteiger charge is -2.00. The molecule has 0 N–H and O–H groups in total. The average Bonchev–Trinajstić information content (AvgIpc) is 2.34. The number of sulfone groups is 1. The molecule has 0 saturated heterocycles. The van der Waals surface area contributed by atoms with Crippen LogP contribution in [0.25, 0.3) is 0 Å². The van der Waals surface area contributed by atoms with E-state index in [1.165, 1.54) is 12.1 Å². The molecule has 1 rings (SSSR count). The lowest BCUT2D eigenvalue weighted by molar-refractivity contribution is -0.137.